The lowest BCUT2D eigenvalue weighted by atomic mass is 10.1. The van der Waals surface area contributed by atoms with E-state index < -0.39 is 7.26 Å². The van der Waals surface area contributed by atoms with Gasteiger partial charge in [-0.2, -0.15) is 0 Å². The number of rotatable bonds is 3. The molecule has 3 aromatic carbocycles. The summed E-state index contributed by atoms with van der Waals surface area (Å²) >= 11 is 0. The summed E-state index contributed by atoms with van der Waals surface area (Å²) in [4.78, 5) is 4.81. The Balaban J connectivity index is 1.91. The summed E-state index contributed by atoms with van der Waals surface area (Å²) in [7, 11) is -2.00. The molecule has 29 heavy (non-hydrogen) atoms. The molecule has 142 valence electrons. The third-order valence-corrected chi connectivity index (χ3v) is 10.3. The zero-order valence-corrected chi connectivity index (χ0v) is 17.6. The van der Waals surface area contributed by atoms with Crippen molar-refractivity contribution in [2.75, 3.05) is 5.32 Å². The molecule has 1 aliphatic heterocycles. The number of hydrogen-bond donors (Lipinski definition) is 1. The van der Waals surface area contributed by atoms with E-state index in [0.717, 1.165) is 5.69 Å². The van der Waals surface area contributed by atoms with Crippen molar-refractivity contribution in [3.63, 3.8) is 0 Å². The highest BCUT2D eigenvalue weighted by Crippen LogP contribution is 2.70. The van der Waals surface area contributed by atoms with Gasteiger partial charge in [-0.1, -0.05) is 48.5 Å². The first-order chi connectivity index (χ1) is 14.2. The molecule has 0 bridgehead atoms. The molecule has 1 aliphatic rings. The maximum atomic E-state index is 4.81. The van der Waals surface area contributed by atoms with Gasteiger partial charge in [0, 0.05) is 6.20 Å². The lowest BCUT2D eigenvalue weighted by Crippen LogP contribution is -2.32. The van der Waals surface area contributed by atoms with Crippen molar-refractivity contribution < 1.29 is 0 Å². The van der Waals surface area contributed by atoms with Crippen LogP contribution in [0.4, 0.5) is 5.69 Å². The van der Waals surface area contributed by atoms with Crippen LogP contribution in [0.3, 0.4) is 0 Å². The fourth-order valence-electron chi connectivity index (χ4n) is 4.65. The average Bonchev–Trinajstić information content (AvgIpc) is 3.12. The highest BCUT2D eigenvalue weighted by Gasteiger charge is 2.59. The predicted molar refractivity (Wildman–Crippen MR) is 125 cm³/mol. The lowest BCUT2D eigenvalue weighted by Gasteiger charge is -2.28. The van der Waals surface area contributed by atoms with Crippen LogP contribution in [0.15, 0.2) is 97.2 Å². The summed E-state index contributed by atoms with van der Waals surface area (Å²) in [6.07, 6.45) is 1.91. The van der Waals surface area contributed by atoms with Gasteiger partial charge in [0.25, 0.3) is 0 Å². The Morgan fingerprint density at radius 1 is 0.759 bits per heavy atom. The van der Waals surface area contributed by atoms with Gasteiger partial charge in [0.15, 0.2) is 5.78 Å². The Morgan fingerprint density at radius 2 is 1.38 bits per heavy atom. The molecule has 1 unspecified atom stereocenters. The number of anilines is 1. The van der Waals surface area contributed by atoms with Crippen LogP contribution in [-0.2, 0) is 0 Å². The molecule has 1 atom stereocenters. The third kappa shape index (κ3) is 2.79. The van der Waals surface area contributed by atoms with Crippen molar-refractivity contribution in [3.05, 3.63) is 114 Å². The third-order valence-electron chi connectivity index (χ3n) is 5.80. The standard InChI is InChI=1S/C26H24N2P/c1-19-17-20(2)25-24(18-19)29(21-11-5-3-6-12-21,22-13-7-4-8-14-22)26(28-25)23-15-9-10-16-27-23/h3-18,26,28H,1-2H3/q+1. The van der Waals surface area contributed by atoms with Crippen molar-refractivity contribution in [3.8, 4) is 0 Å². The van der Waals surface area contributed by atoms with E-state index in [1.807, 2.05) is 12.3 Å². The number of benzene rings is 3. The molecule has 0 spiro atoms. The van der Waals surface area contributed by atoms with Gasteiger partial charge >= 0.3 is 0 Å². The van der Waals surface area contributed by atoms with Crippen LogP contribution in [0.1, 0.15) is 22.6 Å². The first kappa shape index (κ1) is 18.1. The number of pyridine rings is 1. The SMILES string of the molecule is Cc1cc(C)c2c(c1)[P+](c1ccccc1)(c1ccccc1)C(c1ccccn1)N2. The summed E-state index contributed by atoms with van der Waals surface area (Å²) in [5, 5.41) is 8.13. The number of fused-ring (bicyclic) bond motifs is 1. The fraction of sp³-hybridized carbons (Fsp3) is 0.115. The van der Waals surface area contributed by atoms with E-state index in [2.05, 4.69) is 104 Å². The highest BCUT2D eigenvalue weighted by atomic mass is 31.2. The molecule has 3 heteroatoms. The second-order valence-electron chi connectivity index (χ2n) is 7.67. The normalized spacial score (nSPS) is 16.8. The van der Waals surface area contributed by atoms with Crippen LogP contribution in [0.5, 0.6) is 0 Å². The zero-order chi connectivity index (χ0) is 19.8. The molecule has 0 aliphatic carbocycles. The van der Waals surface area contributed by atoms with E-state index in [0.29, 0.717) is 0 Å². The van der Waals surface area contributed by atoms with E-state index in [-0.39, 0.29) is 5.78 Å². The number of nitrogens with one attached hydrogen (secondary N) is 1. The minimum Gasteiger partial charge on any atom is -0.341 e. The highest BCUT2D eigenvalue weighted by molar-refractivity contribution is 7.96. The van der Waals surface area contributed by atoms with Crippen molar-refractivity contribution in [1.82, 2.24) is 4.98 Å². The molecule has 0 fully saturated rings. The summed E-state index contributed by atoms with van der Waals surface area (Å²) in [5.41, 5.74) is 4.98. The van der Waals surface area contributed by atoms with Gasteiger partial charge in [-0.05, 0) is 67.4 Å². The van der Waals surface area contributed by atoms with Gasteiger partial charge in [-0.15, -0.1) is 0 Å². The Hall–Kier alpha value is -2.96. The molecule has 4 aromatic rings. The number of hydrogen-bond acceptors (Lipinski definition) is 2. The minimum atomic E-state index is -2.00. The van der Waals surface area contributed by atoms with Gasteiger partial charge in [0.2, 0.25) is 0 Å². The summed E-state index contributed by atoms with van der Waals surface area (Å²) < 4.78 is 0. The van der Waals surface area contributed by atoms with E-state index in [1.54, 1.807) is 0 Å². The van der Waals surface area contributed by atoms with Crippen molar-refractivity contribution in [2.45, 2.75) is 19.6 Å². The van der Waals surface area contributed by atoms with Crippen LogP contribution in [0, 0.1) is 13.8 Å². The maximum Gasteiger partial charge on any atom is 0.195 e. The molecule has 5 rings (SSSR count). The van der Waals surface area contributed by atoms with E-state index in [1.165, 1.54) is 32.7 Å². The van der Waals surface area contributed by atoms with Gasteiger partial charge < -0.3 is 5.32 Å². The molecule has 0 radical (unpaired) electrons. The molecule has 2 heterocycles. The van der Waals surface area contributed by atoms with Crippen LogP contribution in [0.2, 0.25) is 0 Å². The quantitative estimate of drug-likeness (QED) is 0.487. The minimum absolute atomic E-state index is 0.115. The molecular weight excluding hydrogens is 371 g/mol. The van der Waals surface area contributed by atoms with Crippen molar-refractivity contribution in [2.24, 2.45) is 0 Å². The predicted octanol–water partition coefficient (Wildman–Crippen LogP) is 5.12. The molecule has 0 amide bonds. The molecule has 1 N–H and O–H groups in total. The first-order valence-corrected chi connectivity index (χ1v) is 11.9. The topological polar surface area (TPSA) is 24.9 Å². The van der Waals surface area contributed by atoms with Crippen LogP contribution in [-0.4, -0.2) is 4.98 Å². The largest absolute Gasteiger partial charge is 0.341 e. The van der Waals surface area contributed by atoms with Gasteiger partial charge in [-0.25, -0.2) is 0 Å². The molecule has 1 aromatic heterocycles. The van der Waals surface area contributed by atoms with Crippen molar-refractivity contribution >= 4 is 28.9 Å². The zero-order valence-electron chi connectivity index (χ0n) is 16.7. The Labute approximate surface area is 173 Å². The van der Waals surface area contributed by atoms with Gasteiger partial charge in [0.1, 0.15) is 28.9 Å². The summed E-state index contributed by atoms with van der Waals surface area (Å²) in [6, 6.07) is 33.0. The van der Waals surface area contributed by atoms with Gasteiger partial charge in [0.05, 0.1) is 5.69 Å². The average molecular weight is 395 g/mol. The molecule has 0 saturated heterocycles. The number of aromatic nitrogens is 1. The lowest BCUT2D eigenvalue weighted by molar-refractivity contribution is 1.02. The van der Waals surface area contributed by atoms with Crippen LogP contribution in [0.25, 0.3) is 0 Å². The smallest absolute Gasteiger partial charge is 0.195 e. The van der Waals surface area contributed by atoms with E-state index in [9.17, 15) is 0 Å². The fourth-order valence-corrected chi connectivity index (χ4v) is 9.53. The Kier molecular flexibility index (Phi) is 4.45. The van der Waals surface area contributed by atoms with Gasteiger partial charge in [-0.3, -0.25) is 4.98 Å². The molecular formula is C26H24N2P+. The second-order valence-corrected chi connectivity index (χ2v) is 11.1. The Bertz CT molecular complexity index is 1100. The van der Waals surface area contributed by atoms with Crippen LogP contribution < -0.4 is 21.2 Å². The summed E-state index contributed by atoms with van der Waals surface area (Å²) in [6.45, 7) is 4.41. The van der Waals surface area contributed by atoms with E-state index >= 15 is 0 Å². The number of aryl methyl sites for hydroxylation is 2. The second kappa shape index (κ2) is 7.13. The molecule has 2 nitrogen and oxygen atoms in total. The number of nitrogens with zero attached hydrogens (tertiary/aromatic N) is 1. The van der Waals surface area contributed by atoms with E-state index in [4.69, 9.17) is 4.98 Å². The maximum absolute atomic E-state index is 4.81. The van der Waals surface area contributed by atoms with Crippen LogP contribution >= 0.6 is 7.26 Å². The Morgan fingerprint density at radius 3 is 1.97 bits per heavy atom. The van der Waals surface area contributed by atoms with Crippen molar-refractivity contribution in [1.29, 1.82) is 0 Å². The molecule has 0 saturated carbocycles. The first-order valence-electron chi connectivity index (χ1n) is 10.0. The monoisotopic (exact) mass is 395 g/mol. The summed E-state index contributed by atoms with van der Waals surface area (Å²) in [5.74, 6) is 0.115.